The molecule has 0 aromatic heterocycles. The van der Waals surface area contributed by atoms with Crippen molar-refractivity contribution in [1.29, 1.82) is 0 Å². The molecule has 2 aromatic rings. The lowest BCUT2D eigenvalue weighted by Gasteiger charge is -2.11. The van der Waals surface area contributed by atoms with Gasteiger partial charge in [0, 0.05) is 6.07 Å². The van der Waals surface area contributed by atoms with Crippen LogP contribution in [0.25, 0.3) is 0 Å². The molecular formula is C17H21NO2. The third-order valence-electron chi connectivity index (χ3n) is 3.07. The fourth-order valence-corrected chi connectivity index (χ4v) is 1.92. The molecular weight excluding hydrogens is 250 g/mol. The molecule has 0 saturated heterocycles. The summed E-state index contributed by atoms with van der Waals surface area (Å²) in [6.07, 6.45) is 0. The molecule has 2 N–H and O–H groups in total. The van der Waals surface area contributed by atoms with Crippen molar-refractivity contribution in [3.8, 4) is 17.2 Å². The molecule has 0 bridgehead atoms. The van der Waals surface area contributed by atoms with Gasteiger partial charge in [0.2, 0.25) is 0 Å². The minimum absolute atomic E-state index is 0.519. The maximum absolute atomic E-state index is 5.84. The molecule has 0 aliphatic rings. The van der Waals surface area contributed by atoms with Gasteiger partial charge in [0.05, 0.1) is 12.3 Å². The lowest BCUT2D eigenvalue weighted by molar-refractivity contribution is 0.340. The molecule has 0 atom stereocenters. The number of hydrogen-bond acceptors (Lipinski definition) is 3. The van der Waals surface area contributed by atoms with Crippen LogP contribution in [0.2, 0.25) is 0 Å². The van der Waals surface area contributed by atoms with E-state index in [1.54, 1.807) is 6.07 Å². The fourth-order valence-electron chi connectivity index (χ4n) is 1.92. The first-order chi connectivity index (χ1) is 9.60. The lowest BCUT2D eigenvalue weighted by Crippen LogP contribution is -1.97. The predicted octanol–water partition coefficient (Wildman–Crippen LogP) is 4.58. The average molecular weight is 271 g/mol. The Morgan fingerprint density at radius 1 is 1.00 bits per heavy atom. The van der Waals surface area contributed by atoms with Gasteiger partial charge in [0.15, 0.2) is 0 Å². The van der Waals surface area contributed by atoms with Gasteiger partial charge in [-0.15, -0.1) is 0 Å². The molecule has 20 heavy (non-hydrogen) atoms. The number of hydrogen-bond donors (Lipinski definition) is 1. The highest BCUT2D eigenvalue weighted by atomic mass is 16.5. The van der Waals surface area contributed by atoms with Crippen LogP contribution in [0.4, 0.5) is 5.69 Å². The topological polar surface area (TPSA) is 44.5 Å². The summed E-state index contributed by atoms with van der Waals surface area (Å²) < 4.78 is 11.3. The van der Waals surface area contributed by atoms with E-state index < -0.39 is 0 Å². The second-order valence-corrected chi connectivity index (χ2v) is 4.96. The summed E-state index contributed by atoms with van der Waals surface area (Å²) in [6, 6.07) is 13.6. The van der Waals surface area contributed by atoms with Crippen LogP contribution >= 0.6 is 0 Å². The van der Waals surface area contributed by atoms with Crippen molar-refractivity contribution in [3.05, 3.63) is 48.0 Å². The highest BCUT2D eigenvalue weighted by Crippen LogP contribution is 2.30. The summed E-state index contributed by atoms with van der Waals surface area (Å²) in [4.78, 5) is 0. The number of rotatable bonds is 5. The molecule has 106 valence electrons. The van der Waals surface area contributed by atoms with E-state index in [9.17, 15) is 0 Å². The molecule has 2 rings (SSSR count). The lowest BCUT2D eigenvalue weighted by atomic mass is 10.0. The van der Waals surface area contributed by atoms with Gasteiger partial charge in [-0.1, -0.05) is 26.0 Å². The van der Waals surface area contributed by atoms with Gasteiger partial charge in [-0.2, -0.15) is 0 Å². The van der Waals surface area contributed by atoms with Gasteiger partial charge in [-0.3, -0.25) is 0 Å². The number of nitrogens with two attached hydrogens (primary N) is 1. The van der Waals surface area contributed by atoms with Crippen molar-refractivity contribution in [3.63, 3.8) is 0 Å². The van der Waals surface area contributed by atoms with Crippen LogP contribution in [-0.2, 0) is 0 Å². The average Bonchev–Trinajstić information content (AvgIpc) is 2.43. The molecule has 0 unspecified atom stereocenters. The number of benzene rings is 2. The van der Waals surface area contributed by atoms with Crippen LogP contribution in [0.3, 0.4) is 0 Å². The van der Waals surface area contributed by atoms with Crippen LogP contribution < -0.4 is 15.2 Å². The van der Waals surface area contributed by atoms with Crippen molar-refractivity contribution >= 4 is 5.69 Å². The summed E-state index contributed by atoms with van der Waals surface area (Å²) >= 11 is 0. The van der Waals surface area contributed by atoms with E-state index in [4.69, 9.17) is 15.2 Å². The Morgan fingerprint density at radius 3 is 2.25 bits per heavy atom. The number of nitrogen functional groups attached to an aromatic ring is 1. The molecule has 0 fully saturated rings. The Balaban J connectivity index is 2.15. The molecule has 0 spiro atoms. The van der Waals surface area contributed by atoms with E-state index in [1.165, 1.54) is 5.56 Å². The van der Waals surface area contributed by atoms with Gasteiger partial charge in [0.1, 0.15) is 17.2 Å². The summed E-state index contributed by atoms with van der Waals surface area (Å²) in [6.45, 7) is 6.85. The van der Waals surface area contributed by atoms with E-state index >= 15 is 0 Å². The van der Waals surface area contributed by atoms with E-state index in [0.29, 0.717) is 24.0 Å². The van der Waals surface area contributed by atoms with Crippen LogP contribution in [0.15, 0.2) is 42.5 Å². The second kappa shape index (κ2) is 6.33. The van der Waals surface area contributed by atoms with Crippen LogP contribution in [0, 0.1) is 0 Å². The molecule has 0 heterocycles. The zero-order valence-corrected chi connectivity index (χ0v) is 12.2. The molecule has 2 aromatic carbocycles. The Kier molecular flexibility index (Phi) is 4.51. The fraction of sp³-hybridized carbons (Fsp3) is 0.294. The zero-order chi connectivity index (χ0) is 14.5. The smallest absolute Gasteiger partial charge is 0.145 e. The van der Waals surface area contributed by atoms with Crippen molar-refractivity contribution in [2.24, 2.45) is 0 Å². The quantitative estimate of drug-likeness (QED) is 0.809. The molecule has 0 aliphatic heterocycles. The zero-order valence-electron chi connectivity index (χ0n) is 12.2. The van der Waals surface area contributed by atoms with Gasteiger partial charge in [-0.05, 0) is 42.7 Å². The van der Waals surface area contributed by atoms with Gasteiger partial charge < -0.3 is 15.2 Å². The van der Waals surface area contributed by atoms with Crippen molar-refractivity contribution in [1.82, 2.24) is 0 Å². The van der Waals surface area contributed by atoms with E-state index in [1.807, 2.05) is 31.2 Å². The Hall–Kier alpha value is -2.16. The first-order valence-corrected chi connectivity index (χ1v) is 6.90. The minimum Gasteiger partial charge on any atom is -0.492 e. The monoisotopic (exact) mass is 271 g/mol. The van der Waals surface area contributed by atoms with Gasteiger partial charge in [-0.25, -0.2) is 0 Å². The van der Waals surface area contributed by atoms with Crippen LogP contribution in [-0.4, -0.2) is 6.61 Å². The number of anilines is 1. The van der Waals surface area contributed by atoms with Gasteiger partial charge in [0.25, 0.3) is 0 Å². The van der Waals surface area contributed by atoms with E-state index in [-0.39, 0.29) is 0 Å². The standard InChI is InChI=1S/C17H21NO2/c1-4-19-17-11-15(9-10-16(17)18)20-14-7-5-13(6-8-14)12(2)3/h5-12H,4,18H2,1-3H3. The summed E-state index contributed by atoms with van der Waals surface area (Å²) in [5, 5.41) is 0. The number of ether oxygens (including phenoxy) is 2. The van der Waals surface area contributed by atoms with Crippen molar-refractivity contribution in [2.45, 2.75) is 26.7 Å². The maximum atomic E-state index is 5.84. The SMILES string of the molecule is CCOc1cc(Oc2ccc(C(C)C)cc2)ccc1N. The second-order valence-electron chi connectivity index (χ2n) is 4.96. The van der Waals surface area contributed by atoms with Crippen LogP contribution in [0.1, 0.15) is 32.3 Å². The Bertz CT molecular complexity index is 562. The third-order valence-corrected chi connectivity index (χ3v) is 3.07. The summed E-state index contributed by atoms with van der Waals surface area (Å²) in [5.41, 5.74) is 7.76. The van der Waals surface area contributed by atoms with Crippen molar-refractivity contribution in [2.75, 3.05) is 12.3 Å². The highest BCUT2D eigenvalue weighted by molar-refractivity contribution is 5.56. The van der Waals surface area contributed by atoms with E-state index in [0.717, 1.165) is 11.5 Å². The molecule has 3 nitrogen and oxygen atoms in total. The van der Waals surface area contributed by atoms with Crippen LogP contribution in [0.5, 0.6) is 17.2 Å². The third kappa shape index (κ3) is 3.44. The Labute approximate surface area is 120 Å². The van der Waals surface area contributed by atoms with Crippen molar-refractivity contribution < 1.29 is 9.47 Å². The molecule has 3 heteroatoms. The minimum atomic E-state index is 0.519. The predicted molar refractivity (Wildman–Crippen MR) is 82.6 cm³/mol. The highest BCUT2D eigenvalue weighted by Gasteiger charge is 2.05. The first-order valence-electron chi connectivity index (χ1n) is 6.90. The molecule has 0 amide bonds. The largest absolute Gasteiger partial charge is 0.492 e. The summed E-state index contributed by atoms with van der Waals surface area (Å²) in [7, 11) is 0. The normalized spacial score (nSPS) is 10.6. The van der Waals surface area contributed by atoms with Gasteiger partial charge >= 0.3 is 0 Å². The molecule has 0 saturated carbocycles. The van der Waals surface area contributed by atoms with E-state index in [2.05, 4.69) is 26.0 Å². The molecule has 0 aliphatic carbocycles. The first kappa shape index (κ1) is 14.3. The summed E-state index contributed by atoms with van der Waals surface area (Å²) in [5.74, 6) is 2.70. The Morgan fingerprint density at radius 2 is 1.65 bits per heavy atom. The molecule has 0 radical (unpaired) electrons. The maximum Gasteiger partial charge on any atom is 0.145 e.